The molecule has 1 atom stereocenters. The highest BCUT2D eigenvalue weighted by molar-refractivity contribution is 8.07. The van der Waals surface area contributed by atoms with Crippen molar-refractivity contribution in [2.45, 2.75) is 78.1 Å². The van der Waals surface area contributed by atoms with Crippen LogP contribution in [0, 0.1) is 6.92 Å². The summed E-state index contributed by atoms with van der Waals surface area (Å²) in [6.45, 7) is 1.46. The first-order valence-corrected chi connectivity index (χ1v) is 11.9. The maximum atomic E-state index is 10.1. The maximum absolute atomic E-state index is 10.1. The molecule has 5 heteroatoms. The molecular weight excluding hydrogens is 339 g/mol. The van der Waals surface area contributed by atoms with E-state index >= 15 is 0 Å². The van der Waals surface area contributed by atoms with Gasteiger partial charge in [-0.1, -0.05) is 82.9 Å². The first-order chi connectivity index (χ1) is 11.5. The monoisotopic (exact) mass is 372 g/mol. The summed E-state index contributed by atoms with van der Waals surface area (Å²) in [5, 5.41) is 0. The van der Waals surface area contributed by atoms with Gasteiger partial charge in [-0.2, -0.15) is 0 Å². The Labute approximate surface area is 153 Å². The molecule has 3 nitrogen and oxygen atoms in total. The van der Waals surface area contributed by atoms with Crippen LogP contribution < -0.4 is 4.52 Å². The highest BCUT2D eigenvalue weighted by Crippen LogP contribution is 2.45. The normalized spacial score (nSPS) is 13.6. The summed E-state index contributed by atoms with van der Waals surface area (Å²) in [7, 11) is 0. The largest absolute Gasteiger partial charge is 0.424 e. The Bertz CT molecular complexity index is 493. The molecule has 1 aromatic rings. The SMILES string of the molecule is CCCCCCCCCCCCOP(O)(=S)Oc1ccccc1C. The molecule has 1 unspecified atom stereocenters. The van der Waals surface area contributed by atoms with Gasteiger partial charge in [-0.3, -0.25) is 4.52 Å². The molecule has 0 bridgehead atoms. The van der Waals surface area contributed by atoms with Crippen LogP contribution in [-0.4, -0.2) is 11.5 Å². The van der Waals surface area contributed by atoms with Crippen molar-refractivity contribution in [3.05, 3.63) is 29.8 Å². The molecule has 0 aliphatic heterocycles. The minimum atomic E-state index is -3.19. The summed E-state index contributed by atoms with van der Waals surface area (Å²) in [5.74, 6) is 0.603. The summed E-state index contributed by atoms with van der Waals surface area (Å²) >= 11 is 5.08. The predicted octanol–water partition coefficient (Wildman–Crippen LogP) is 6.53. The predicted molar refractivity (Wildman–Crippen MR) is 106 cm³/mol. The van der Waals surface area contributed by atoms with Gasteiger partial charge in [-0.15, -0.1) is 0 Å². The molecule has 0 fully saturated rings. The maximum Gasteiger partial charge on any atom is 0.377 e. The Morgan fingerprint density at radius 2 is 1.46 bits per heavy atom. The van der Waals surface area contributed by atoms with Crippen LogP contribution in [0.3, 0.4) is 0 Å². The average molecular weight is 373 g/mol. The van der Waals surface area contributed by atoms with E-state index in [1.54, 1.807) is 6.07 Å². The average Bonchev–Trinajstić information content (AvgIpc) is 2.54. The zero-order chi connectivity index (χ0) is 17.7. The number of hydrogen-bond donors (Lipinski definition) is 1. The number of unbranched alkanes of at least 4 members (excludes halogenated alkanes) is 9. The van der Waals surface area contributed by atoms with Crippen LogP contribution in [0.5, 0.6) is 5.75 Å². The van der Waals surface area contributed by atoms with Crippen LogP contribution in [0.25, 0.3) is 0 Å². The molecule has 0 aliphatic rings. The van der Waals surface area contributed by atoms with Crippen LogP contribution in [0.4, 0.5) is 0 Å². The Morgan fingerprint density at radius 1 is 0.917 bits per heavy atom. The topological polar surface area (TPSA) is 38.7 Å². The number of benzene rings is 1. The van der Waals surface area contributed by atoms with Gasteiger partial charge in [0.2, 0.25) is 0 Å². The lowest BCUT2D eigenvalue weighted by Crippen LogP contribution is -2.00. The van der Waals surface area contributed by atoms with Gasteiger partial charge in [0.15, 0.2) is 0 Å². The van der Waals surface area contributed by atoms with Crippen LogP contribution in [0.1, 0.15) is 76.7 Å². The van der Waals surface area contributed by atoms with Gasteiger partial charge in [0.25, 0.3) is 0 Å². The highest BCUT2D eigenvalue weighted by atomic mass is 32.5. The van der Waals surface area contributed by atoms with E-state index in [4.69, 9.17) is 20.9 Å². The number of para-hydroxylation sites is 1. The molecule has 0 heterocycles. The molecule has 1 N–H and O–H groups in total. The van der Waals surface area contributed by atoms with Gasteiger partial charge in [-0.25, -0.2) is 0 Å². The molecule has 0 aliphatic carbocycles. The van der Waals surface area contributed by atoms with E-state index in [1.165, 1.54) is 51.4 Å². The van der Waals surface area contributed by atoms with Gasteiger partial charge in [0.1, 0.15) is 5.75 Å². The fourth-order valence-electron chi connectivity index (χ4n) is 2.58. The number of hydrogen-bond acceptors (Lipinski definition) is 3. The third-order valence-corrected chi connectivity index (χ3v) is 5.54. The lowest BCUT2D eigenvalue weighted by Gasteiger charge is -2.17. The van der Waals surface area contributed by atoms with Crippen molar-refractivity contribution < 1.29 is 13.9 Å². The molecule has 0 amide bonds. The molecule has 0 saturated heterocycles. The Hall–Kier alpha value is -0.410. The summed E-state index contributed by atoms with van der Waals surface area (Å²) in [5.41, 5.74) is 0.948. The minimum absolute atomic E-state index is 0.468. The first kappa shape index (κ1) is 21.6. The first-order valence-electron chi connectivity index (χ1n) is 9.27. The fraction of sp³-hybridized carbons (Fsp3) is 0.684. The van der Waals surface area contributed by atoms with E-state index in [0.29, 0.717) is 12.4 Å². The molecule has 24 heavy (non-hydrogen) atoms. The van der Waals surface area contributed by atoms with Crippen LogP contribution in [-0.2, 0) is 16.3 Å². The molecular formula is C19H33O3PS. The van der Waals surface area contributed by atoms with E-state index < -0.39 is 6.72 Å². The molecule has 0 spiro atoms. The molecule has 0 radical (unpaired) electrons. The van der Waals surface area contributed by atoms with Gasteiger partial charge >= 0.3 is 6.72 Å². The van der Waals surface area contributed by atoms with E-state index in [2.05, 4.69) is 6.92 Å². The number of rotatable bonds is 14. The minimum Gasteiger partial charge on any atom is -0.424 e. The third-order valence-electron chi connectivity index (χ3n) is 4.06. The highest BCUT2D eigenvalue weighted by Gasteiger charge is 2.17. The summed E-state index contributed by atoms with van der Waals surface area (Å²) in [6.07, 6.45) is 12.7. The number of aryl methyl sites for hydroxylation is 1. The van der Waals surface area contributed by atoms with Gasteiger partial charge < -0.3 is 9.42 Å². The van der Waals surface area contributed by atoms with E-state index in [0.717, 1.165) is 18.4 Å². The van der Waals surface area contributed by atoms with Crippen molar-refractivity contribution in [3.8, 4) is 5.75 Å². The molecule has 138 valence electrons. The zero-order valence-electron chi connectivity index (χ0n) is 15.2. The lowest BCUT2D eigenvalue weighted by atomic mass is 10.1. The Kier molecular flexibility index (Phi) is 11.6. The molecule has 1 aromatic carbocycles. The molecule has 0 aromatic heterocycles. The summed E-state index contributed by atoms with van der Waals surface area (Å²) < 4.78 is 10.9. The quantitative estimate of drug-likeness (QED) is 0.298. The van der Waals surface area contributed by atoms with Gasteiger partial charge in [0, 0.05) is 11.8 Å². The van der Waals surface area contributed by atoms with Gasteiger partial charge in [-0.05, 0) is 25.0 Å². The third kappa shape index (κ3) is 10.5. The van der Waals surface area contributed by atoms with Crippen LogP contribution in [0.2, 0.25) is 0 Å². The smallest absolute Gasteiger partial charge is 0.377 e. The van der Waals surface area contributed by atoms with E-state index in [9.17, 15) is 4.89 Å². The van der Waals surface area contributed by atoms with Crippen LogP contribution >= 0.6 is 6.72 Å². The molecule has 1 rings (SSSR count). The zero-order valence-corrected chi connectivity index (χ0v) is 16.9. The van der Waals surface area contributed by atoms with Crippen molar-refractivity contribution in [1.29, 1.82) is 0 Å². The second-order valence-electron chi connectivity index (χ2n) is 6.34. The standard InChI is InChI=1S/C19H33O3PS/c1-3-4-5-6-7-8-9-10-11-14-17-21-23(20,24)22-19-16-13-12-15-18(19)2/h12-13,15-16H,3-11,14,17H2,1-2H3,(H,20,24). The van der Waals surface area contributed by atoms with Crippen molar-refractivity contribution in [2.75, 3.05) is 6.61 Å². The van der Waals surface area contributed by atoms with E-state index in [-0.39, 0.29) is 0 Å². The van der Waals surface area contributed by atoms with E-state index in [1.807, 2.05) is 25.1 Å². The Balaban J connectivity index is 2.04. The fourth-order valence-corrected chi connectivity index (χ4v) is 3.91. The summed E-state index contributed by atoms with van der Waals surface area (Å²) in [4.78, 5) is 10.1. The van der Waals surface area contributed by atoms with Crippen molar-refractivity contribution in [2.24, 2.45) is 0 Å². The molecule has 0 saturated carbocycles. The van der Waals surface area contributed by atoms with Gasteiger partial charge in [0.05, 0.1) is 6.61 Å². The Morgan fingerprint density at radius 3 is 2.04 bits per heavy atom. The lowest BCUT2D eigenvalue weighted by molar-refractivity contribution is 0.250. The van der Waals surface area contributed by atoms with Crippen molar-refractivity contribution >= 4 is 18.5 Å². The second-order valence-corrected chi connectivity index (χ2v) is 9.10. The van der Waals surface area contributed by atoms with Crippen molar-refractivity contribution in [1.82, 2.24) is 0 Å². The second kappa shape index (κ2) is 12.9. The van der Waals surface area contributed by atoms with Crippen LogP contribution in [0.15, 0.2) is 24.3 Å². The van der Waals surface area contributed by atoms with Crippen molar-refractivity contribution in [3.63, 3.8) is 0 Å². The summed E-state index contributed by atoms with van der Waals surface area (Å²) in [6, 6.07) is 7.51.